The SMILES string of the molecule is CCOC(=O)c1ccc(N(C)CCCC(=O)O)nc1. The third-order valence-corrected chi connectivity index (χ3v) is 2.53. The first-order valence-electron chi connectivity index (χ1n) is 6.10. The fourth-order valence-electron chi connectivity index (χ4n) is 1.53. The number of anilines is 1. The van der Waals surface area contributed by atoms with Crippen molar-refractivity contribution in [2.24, 2.45) is 0 Å². The molecule has 1 N–H and O–H groups in total. The van der Waals surface area contributed by atoms with Crippen molar-refractivity contribution in [1.82, 2.24) is 4.98 Å². The molecular weight excluding hydrogens is 248 g/mol. The summed E-state index contributed by atoms with van der Waals surface area (Å²) in [5.74, 6) is -0.507. The van der Waals surface area contributed by atoms with E-state index in [0.717, 1.165) is 0 Å². The van der Waals surface area contributed by atoms with E-state index < -0.39 is 11.9 Å². The molecule has 1 rings (SSSR count). The summed E-state index contributed by atoms with van der Waals surface area (Å²) in [4.78, 5) is 27.8. The van der Waals surface area contributed by atoms with Gasteiger partial charge in [0.1, 0.15) is 5.82 Å². The minimum Gasteiger partial charge on any atom is -0.481 e. The first-order valence-corrected chi connectivity index (χ1v) is 6.10. The van der Waals surface area contributed by atoms with E-state index >= 15 is 0 Å². The van der Waals surface area contributed by atoms with Crippen LogP contribution < -0.4 is 4.90 Å². The highest BCUT2D eigenvalue weighted by atomic mass is 16.5. The molecule has 6 heteroatoms. The Morgan fingerprint density at radius 1 is 1.42 bits per heavy atom. The lowest BCUT2D eigenvalue weighted by atomic mass is 10.2. The number of pyridine rings is 1. The van der Waals surface area contributed by atoms with Crippen molar-refractivity contribution in [2.45, 2.75) is 19.8 Å². The lowest BCUT2D eigenvalue weighted by Crippen LogP contribution is -2.20. The van der Waals surface area contributed by atoms with Gasteiger partial charge in [0, 0.05) is 26.2 Å². The molecule has 0 aliphatic heterocycles. The van der Waals surface area contributed by atoms with Gasteiger partial charge in [-0.3, -0.25) is 4.79 Å². The molecule has 0 spiro atoms. The molecule has 0 amide bonds. The Morgan fingerprint density at radius 2 is 2.16 bits per heavy atom. The Kier molecular flexibility index (Phi) is 5.78. The van der Waals surface area contributed by atoms with E-state index in [-0.39, 0.29) is 6.42 Å². The van der Waals surface area contributed by atoms with Crippen LogP contribution in [0.4, 0.5) is 5.82 Å². The number of nitrogens with zero attached hydrogens (tertiary/aromatic N) is 2. The zero-order valence-corrected chi connectivity index (χ0v) is 11.1. The lowest BCUT2D eigenvalue weighted by molar-refractivity contribution is -0.137. The zero-order chi connectivity index (χ0) is 14.3. The van der Waals surface area contributed by atoms with Gasteiger partial charge in [-0.2, -0.15) is 0 Å². The first-order chi connectivity index (χ1) is 9.04. The van der Waals surface area contributed by atoms with Crippen LogP contribution in [0.3, 0.4) is 0 Å². The average Bonchev–Trinajstić information content (AvgIpc) is 2.38. The topological polar surface area (TPSA) is 79.7 Å². The maximum absolute atomic E-state index is 11.4. The molecule has 0 atom stereocenters. The van der Waals surface area contributed by atoms with Crippen molar-refractivity contribution in [3.05, 3.63) is 23.9 Å². The number of hydrogen-bond donors (Lipinski definition) is 1. The summed E-state index contributed by atoms with van der Waals surface area (Å²) in [6.07, 6.45) is 2.14. The monoisotopic (exact) mass is 266 g/mol. The van der Waals surface area contributed by atoms with Crippen LogP contribution in [0.5, 0.6) is 0 Å². The fraction of sp³-hybridized carbons (Fsp3) is 0.462. The molecule has 0 unspecified atom stereocenters. The number of rotatable bonds is 7. The second-order valence-corrected chi connectivity index (χ2v) is 4.04. The molecule has 0 radical (unpaired) electrons. The number of ether oxygens (including phenoxy) is 1. The lowest BCUT2D eigenvalue weighted by Gasteiger charge is -2.17. The molecule has 0 saturated heterocycles. The predicted molar refractivity (Wildman–Crippen MR) is 70.3 cm³/mol. The summed E-state index contributed by atoms with van der Waals surface area (Å²) in [7, 11) is 1.83. The first kappa shape index (κ1) is 14.9. The molecule has 0 saturated carbocycles. The number of carboxylic acids is 1. The summed E-state index contributed by atoms with van der Waals surface area (Å²) < 4.78 is 4.86. The molecule has 6 nitrogen and oxygen atoms in total. The Balaban J connectivity index is 2.55. The van der Waals surface area contributed by atoms with E-state index in [1.807, 2.05) is 11.9 Å². The van der Waals surface area contributed by atoms with Gasteiger partial charge in [-0.15, -0.1) is 0 Å². The molecule has 0 fully saturated rings. The molecule has 0 bridgehead atoms. The Morgan fingerprint density at radius 3 is 2.68 bits per heavy atom. The van der Waals surface area contributed by atoms with Gasteiger partial charge in [-0.25, -0.2) is 9.78 Å². The van der Waals surface area contributed by atoms with Gasteiger partial charge >= 0.3 is 11.9 Å². The molecule has 0 aliphatic carbocycles. The van der Waals surface area contributed by atoms with Gasteiger partial charge in [-0.1, -0.05) is 0 Å². The molecule has 104 valence electrons. The van der Waals surface area contributed by atoms with Crippen LogP contribution >= 0.6 is 0 Å². The summed E-state index contributed by atoms with van der Waals surface area (Å²) in [6, 6.07) is 3.36. The zero-order valence-electron chi connectivity index (χ0n) is 11.1. The molecule has 1 aromatic heterocycles. The standard InChI is InChI=1S/C13H18N2O4/c1-3-19-13(18)10-6-7-11(14-9-10)15(2)8-4-5-12(16)17/h6-7,9H,3-5,8H2,1-2H3,(H,16,17). The highest BCUT2D eigenvalue weighted by Gasteiger charge is 2.08. The van der Waals surface area contributed by atoms with E-state index in [2.05, 4.69) is 4.98 Å². The molecular formula is C13H18N2O4. The van der Waals surface area contributed by atoms with Gasteiger partial charge in [0.2, 0.25) is 0 Å². The number of carbonyl (C=O) groups is 2. The number of carbonyl (C=O) groups excluding carboxylic acids is 1. The van der Waals surface area contributed by atoms with E-state index in [4.69, 9.17) is 9.84 Å². The molecule has 0 aromatic carbocycles. The van der Waals surface area contributed by atoms with E-state index in [9.17, 15) is 9.59 Å². The minimum absolute atomic E-state index is 0.130. The number of carboxylic acid groups (broad SMARTS) is 1. The summed E-state index contributed by atoms with van der Waals surface area (Å²) in [5.41, 5.74) is 0.407. The Bertz CT molecular complexity index is 431. The van der Waals surface area contributed by atoms with Crippen molar-refractivity contribution in [1.29, 1.82) is 0 Å². The smallest absolute Gasteiger partial charge is 0.339 e. The Labute approximate surface area is 112 Å². The van der Waals surface area contributed by atoms with Crippen LogP contribution in [-0.2, 0) is 9.53 Å². The normalized spacial score (nSPS) is 10.0. The van der Waals surface area contributed by atoms with Crippen LogP contribution in [0.1, 0.15) is 30.1 Å². The van der Waals surface area contributed by atoms with Crippen molar-refractivity contribution < 1.29 is 19.4 Å². The third kappa shape index (κ3) is 4.95. The van der Waals surface area contributed by atoms with Crippen LogP contribution in [-0.4, -0.2) is 42.2 Å². The van der Waals surface area contributed by atoms with Crippen LogP contribution in [0, 0.1) is 0 Å². The molecule has 19 heavy (non-hydrogen) atoms. The number of aromatic nitrogens is 1. The van der Waals surface area contributed by atoms with E-state index in [1.165, 1.54) is 6.20 Å². The maximum Gasteiger partial charge on any atom is 0.339 e. The average molecular weight is 266 g/mol. The van der Waals surface area contributed by atoms with Crippen LogP contribution in [0.2, 0.25) is 0 Å². The largest absolute Gasteiger partial charge is 0.481 e. The minimum atomic E-state index is -0.806. The van der Waals surface area contributed by atoms with E-state index in [0.29, 0.717) is 31.0 Å². The van der Waals surface area contributed by atoms with Crippen molar-refractivity contribution in [3.63, 3.8) is 0 Å². The number of hydrogen-bond acceptors (Lipinski definition) is 5. The highest BCUT2D eigenvalue weighted by Crippen LogP contribution is 2.11. The summed E-state index contributed by atoms with van der Waals surface area (Å²) >= 11 is 0. The molecule has 1 heterocycles. The van der Waals surface area contributed by atoms with Gasteiger partial charge < -0.3 is 14.7 Å². The number of esters is 1. The highest BCUT2D eigenvalue weighted by molar-refractivity contribution is 5.89. The van der Waals surface area contributed by atoms with Crippen molar-refractivity contribution in [3.8, 4) is 0 Å². The van der Waals surface area contributed by atoms with Crippen LogP contribution in [0.15, 0.2) is 18.3 Å². The van der Waals surface area contributed by atoms with Gasteiger partial charge in [0.05, 0.1) is 12.2 Å². The molecule has 0 aliphatic rings. The second kappa shape index (κ2) is 7.35. The Hall–Kier alpha value is -2.11. The van der Waals surface area contributed by atoms with Gasteiger partial charge in [0.15, 0.2) is 0 Å². The predicted octanol–water partition coefficient (Wildman–Crippen LogP) is 1.56. The van der Waals surface area contributed by atoms with Gasteiger partial charge in [0.25, 0.3) is 0 Å². The maximum atomic E-state index is 11.4. The fourth-order valence-corrected chi connectivity index (χ4v) is 1.53. The third-order valence-electron chi connectivity index (χ3n) is 2.53. The van der Waals surface area contributed by atoms with Gasteiger partial charge in [-0.05, 0) is 25.5 Å². The second-order valence-electron chi connectivity index (χ2n) is 4.04. The van der Waals surface area contributed by atoms with Crippen molar-refractivity contribution >= 4 is 17.8 Å². The quantitative estimate of drug-likeness (QED) is 0.754. The van der Waals surface area contributed by atoms with Crippen molar-refractivity contribution in [2.75, 3.05) is 25.1 Å². The molecule has 1 aromatic rings. The van der Waals surface area contributed by atoms with E-state index in [1.54, 1.807) is 19.1 Å². The number of aliphatic carboxylic acids is 1. The van der Waals surface area contributed by atoms with Crippen LogP contribution in [0.25, 0.3) is 0 Å². The summed E-state index contributed by atoms with van der Waals surface area (Å²) in [6.45, 7) is 2.67. The summed E-state index contributed by atoms with van der Waals surface area (Å²) in [5, 5.41) is 8.56.